The Kier molecular flexibility index (Phi) is 19.9. The van der Waals surface area contributed by atoms with Gasteiger partial charge in [0.15, 0.2) is 0 Å². The average molecular weight is 897 g/mol. The summed E-state index contributed by atoms with van der Waals surface area (Å²) in [6.45, 7) is 12.9. The average Bonchev–Trinajstić information content (AvgIpc) is 3.29. The van der Waals surface area contributed by atoms with Crippen molar-refractivity contribution in [1.29, 1.82) is 5.26 Å². The molecule has 12 nitrogen and oxygen atoms in total. The van der Waals surface area contributed by atoms with Gasteiger partial charge in [-0.15, -0.1) is 6.58 Å². The highest BCUT2D eigenvalue weighted by Gasteiger charge is 2.65. The number of aliphatic hydroxyl groups is 2. The summed E-state index contributed by atoms with van der Waals surface area (Å²) in [5.74, 6) is -1.50. The van der Waals surface area contributed by atoms with Gasteiger partial charge in [0, 0.05) is 50.3 Å². The Morgan fingerprint density at radius 1 is 0.954 bits per heavy atom. The van der Waals surface area contributed by atoms with E-state index in [2.05, 4.69) is 31.0 Å². The Morgan fingerprint density at radius 2 is 1.62 bits per heavy atom. The van der Waals surface area contributed by atoms with E-state index in [9.17, 15) is 25.1 Å². The third-order valence-corrected chi connectivity index (χ3v) is 13.1. The molecule has 0 radical (unpaired) electrons. The topological polar surface area (TPSA) is 163 Å². The van der Waals surface area contributed by atoms with Gasteiger partial charge in [0.1, 0.15) is 23.1 Å². The number of ether oxygens (including phenoxy) is 3. The number of nitrogens with zero attached hydrogens (tertiary/aromatic N) is 3. The molecule has 12 heteroatoms. The van der Waals surface area contributed by atoms with Gasteiger partial charge in [-0.25, -0.2) is 4.79 Å². The first-order valence-corrected chi connectivity index (χ1v) is 24.4. The Hall–Kier alpha value is -4.70. The minimum Gasteiger partial charge on any atom is -0.459 e. The lowest BCUT2D eigenvalue weighted by Gasteiger charge is -2.59. The van der Waals surface area contributed by atoms with Crippen LogP contribution in [0.5, 0.6) is 11.5 Å². The van der Waals surface area contributed by atoms with Crippen LogP contribution in [-0.2, 0) is 9.57 Å². The first-order chi connectivity index (χ1) is 31.4. The molecule has 2 aliphatic carbocycles. The number of unbranched alkanes of at least 4 members (excludes halogenated alkanes) is 11. The number of carbonyl (C=O) groups excluding carboxylic acids is 2. The van der Waals surface area contributed by atoms with Gasteiger partial charge < -0.3 is 39.5 Å². The summed E-state index contributed by atoms with van der Waals surface area (Å²) in [5.41, 5.74) is 2.70. The van der Waals surface area contributed by atoms with Gasteiger partial charge in [0.05, 0.1) is 29.9 Å². The van der Waals surface area contributed by atoms with Crippen LogP contribution in [0.4, 0.5) is 4.79 Å². The highest BCUT2D eigenvalue weighted by atomic mass is 16.7. The van der Waals surface area contributed by atoms with Gasteiger partial charge in [-0.1, -0.05) is 94.9 Å². The molecule has 356 valence electrons. The van der Waals surface area contributed by atoms with E-state index in [4.69, 9.17) is 24.2 Å². The molecule has 0 bridgehead atoms. The summed E-state index contributed by atoms with van der Waals surface area (Å²) in [7, 11) is 1.75. The van der Waals surface area contributed by atoms with Gasteiger partial charge in [-0.2, -0.15) is 5.26 Å². The molecule has 6 atom stereocenters. The Balaban J connectivity index is 1.55. The van der Waals surface area contributed by atoms with Crippen molar-refractivity contribution in [3.63, 3.8) is 0 Å². The van der Waals surface area contributed by atoms with Crippen molar-refractivity contribution in [3.05, 3.63) is 83.5 Å². The van der Waals surface area contributed by atoms with E-state index in [0.717, 1.165) is 56.1 Å². The number of aliphatic hydroxyl groups excluding tert-OH is 2. The summed E-state index contributed by atoms with van der Waals surface area (Å²) in [4.78, 5) is 35.7. The summed E-state index contributed by atoms with van der Waals surface area (Å²) in [5, 5.41) is 37.1. The van der Waals surface area contributed by atoms with Crippen LogP contribution in [0.15, 0.2) is 71.9 Å². The molecule has 0 unspecified atom stereocenters. The Bertz CT molecular complexity index is 1950. The number of hydrogen-bond donors (Lipinski definition) is 3. The number of fused-ring (bicyclic) bond motifs is 2. The van der Waals surface area contributed by atoms with Crippen LogP contribution >= 0.6 is 0 Å². The minimum atomic E-state index is -1.43. The second-order valence-corrected chi connectivity index (χ2v) is 19.1. The molecule has 0 aromatic heterocycles. The Labute approximate surface area is 388 Å². The Morgan fingerprint density at radius 3 is 2.25 bits per heavy atom. The maximum atomic E-state index is 14.6. The first kappa shape index (κ1) is 51.3. The van der Waals surface area contributed by atoms with E-state index in [1.165, 1.54) is 44.9 Å². The van der Waals surface area contributed by atoms with Gasteiger partial charge in [0.25, 0.3) is 5.91 Å². The second kappa shape index (κ2) is 25.3. The highest BCUT2D eigenvalue weighted by molar-refractivity contribution is 6.03. The molecule has 1 fully saturated rings. The zero-order chi connectivity index (χ0) is 46.8. The highest BCUT2D eigenvalue weighted by Crippen LogP contribution is 2.62. The largest absolute Gasteiger partial charge is 0.459 e. The first-order valence-electron chi connectivity index (χ1n) is 24.4. The fourth-order valence-corrected chi connectivity index (χ4v) is 9.96. The van der Waals surface area contributed by atoms with Crippen molar-refractivity contribution in [2.45, 2.75) is 160 Å². The number of nitriles is 1. The fraction of sp³-hybridized carbons (Fsp3) is 0.623. The molecule has 0 spiro atoms. The van der Waals surface area contributed by atoms with Crippen molar-refractivity contribution in [1.82, 2.24) is 10.2 Å². The minimum absolute atomic E-state index is 0.00633. The van der Waals surface area contributed by atoms with Crippen molar-refractivity contribution in [2.75, 3.05) is 33.4 Å². The summed E-state index contributed by atoms with van der Waals surface area (Å²) >= 11 is 0. The number of allylic oxidation sites excluding steroid dienone is 1. The number of nitrogens with one attached hydrogen (secondary N) is 1. The molecule has 1 heterocycles. The summed E-state index contributed by atoms with van der Waals surface area (Å²) in [6.07, 6.45) is 20.3. The smallest absolute Gasteiger partial charge is 0.412 e. The van der Waals surface area contributed by atoms with E-state index in [-0.39, 0.29) is 49.9 Å². The lowest BCUT2D eigenvalue weighted by Crippen LogP contribution is -2.69. The maximum absolute atomic E-state index is 14.6. The molecule has 3 N–H and O–H groups in total. The summed E-state index contributed by atoms with van der Waals surface area (Å²) < 4.78 is 20.2. The number of amides is 2. The van der Waals surface area contributed by atoms with Crippen LogP contribution in [0.2, 0.25) is 0 Å². The van der Waals surface area contributed by atoms with E-state index in [1.807, 2.05) is 32.9 Å². The number of carbonyl (C=O) groups is 2. The molecule has 2 aromatic rings. The lowest BCUT2D eigenvalue weighted by atomic mass is 9.55. The van der Waals surface area contributed by atoms with E-state index < -0.39 is 29.4 Å². The number of oxime groups is 1. The molecule has 1 saturated carbocycles. The van der Waals surface area contributed by atoms with Gasteiger partial charge >= 0.3 is 6.09 Å². The third kappa shape index (κ3) is 13.7. The van der Waals surface area contributed by atoms with Crippen LogP contribution in [0.25, 0.3) is 0 Å². The molecular weight excluding hydrogens is 821 g/mol. The summed E-state index contributed by atoms with van der Waals surface area (Å²) in [6, 6.07) is 13.5. The monoisotopic (exact) mass is 897 g/mol. The van der Waals surface area contributed by atoms with Crippen LogP contribution in [-0.4, -0.2) is 83.7 Å². The number of rotatable bonds is 26. The van der Waals surface area contributed by atoms with Crippen LogP contribution in [0.3, 0.4) is 0 Å². The van der Waals surface area contributed by atoms with Gasteiger partial charge in [0.2, 0.25) is 5.79 Å². The normalized spacial score (nSPS) is 22.7. The van der Waals surface area contributed by atoms with Crippen molar-refractivity contribution in [3.8, 4) is 17.6 Å². The number of hydrogen-bond acceptors (Lipinski definition) is 10. The van der Waals surface area contributed by atoms with Crippen molar-refractivity contribution >= 4 is 17.7 Å². The fourth-order valence-electron chi connectivity index (χ4n) is 9.96. The molecular formula is C53H76N4O8. The second-order valence-electron chi connectivity index (χ2n) is 19.1. The molecule has 2 amide bonds. The van der Waals surface area contributed by atoms with E-state index in [0.29, 0.717) is 47.7 Å². The third-order valence-electron chi connectivity index (χ3n) is 13.1. The number of benzene rings is 2. The molecule has 0 saturated heterocycles. The van der Waals surface area contributed by atoms with Gasteiger partial charge in [-0.05, 0) is 113 Å². The van der Waals surface area contributed by atoms with Crippen LogP contribution < -0.4 is 14.8 Å². The zero-order valence-electron chi connectivity index (χ0n) is 39.8. The zero-order valence-corrected chi connectivity index (χ0v) is 39.8. The van der Waals surface area contributed by atoms with E-state index >= 15 is 0 Å². The van der Waals surface area contributed by atoms with Crippen molar-refractivity contribution in [2.24, 2.45) is 22.9 Å². The van der Waals surface area contributed by atoms with Crippen LogP contribution in [0, 0.1) is 29.1 Å². The molecule has 1 aliphatic heterocycles. The lowest BCUT2D eigenvalue weighted by molar-refractivity contribution is -0.252. The quantitative estimate of drug-likeness (QED) is 0.0474. The SMILES string of the molecule is C=CCO[C@@]12Oc3ccc(OC(=O)NCCCCCCCCCCCC)cc3[C@H]3[C@H](CCCCO)[C@@H](CCCCO)C=C(C(=NOC(C)(C)C)C[C@@H]1N(C)C(=O)c1ccc(C#N)cc1)[C@H]32. The maximum Gasteiger partial charge on any atom is 0.412 e. The number of likely N-dealkylation sites (N-methyl/N-ethyl adjacent to an activating group) is 1. The van der Waals surface area contributed by atoms with E-state index in [1.54, 1.807) is 48.4 Å². The van der Waals surface area contributed by atoms with Crippen molar-refractivity contribution < 1.29 is 38.9 Å². The van der Waals surface area contributed by atoms with Gasteiger partial charge in [-0.3, -0.25) is 4.79 Å². The molecule has 5 rings (SSSR count). The predicted molar refractivity (Wildman–Crippen MR) is 255 cm³/mol. The molecule has 3 aliphatic rings. The standard InChI is InChI=1S/C53H76N4O8/c1-7-9-10-11-12-13-14-15-16-19-30-55-51(61)63-41-28-29-46-44(35-41)48-42(23-18-21-32-59)40(22-17-20-31-58)34-43-45(56-65-52(3,4)5)36-47(53(64-46,49(43)48)62-33-8-2)57(6)50(60)39-26-24-38(37-54)25-27-39/h8,24-29,34-35,40,42,47-49,58-59H,2,7,9-23,30-33,36H2,1,3-6H3,(H,55,61)/t40-,42+,47-,48+,49+,53+/m0/s1. The molecule has 2 aromatic carbocycles. The molecule has 65 heavy (non-hydrogen) atoms. The predicted octanol–water partition coefficient (Wildman–Crippen LogP) is 10.8. The van der Waals surface area contributed by atoms with Crippen LogP contribution in [0.1, 0.15) is 164 Å².